The van der Waals surface area contributed by atoms with Gasteiger partial charge in [-0.05, 0) is 67.5 Å². The van der Waals surface area contributed by atoms with E-state index in [-0.39, 0.29) is 29.2 Å². The maximum absolute atomic E-state index is 13.3. The van der Waals surface area contributed by atoms with Crippen LogP contribution in [0.2, 0.25) is 5.02 Å². The molecule has 2 aliphatic heterocycles. The van der Waals surface area contributed by atoms with Crippen molar-refractivity contribution in [3.8, 4) is 5.75 Å². The summed E-state index contributed by atoms with van der Waals surface area (Å²) in [5.41, 5.74) is 3.30. The number of likely N-dealkylation sites (tertiary alicyclic amines) is 1. The van der Waals surface area contributed by atoms with Crippen molar-refractivity contribution in [2.24, 2.45) is 11.3 Å². The molecule has 7 heteroatoms. The summed E-state index contributed by atoms with van der Waals surface area (Å²) in [6.07, 6.45) is 3.42. The number of methoxy groups -OCH3 is 1. The smallest absolute Gasteiger partial charge is 0.240 e. The highest BCUT2D eigenvalue weighted by Gasteiger charge is 2.59. The molecular formula is C26H30ClN3O3. The molecule has 3 aliphatic rings. The van der Waals surface area contributed by atoms with E-state index in [2.05, 4.69) is 34.5 Å². The lowest BCUT2D eigenvalue weighted by Gasteiger charge is -2.39. The van der Waals surface area contributed by atoms with Crippen molar-refractivity contribution in [3.63, 3.8) is 0 Å². The summed E-state index contributed by atoms with van der Waals surface area (Å²) in [7, 11) is 3.60. The molecule has 6 nitrogen and oxygen atoms in total. The number of piperidine rings is 1. The summed E-state index contributed by atoms with van der Waals surface area (Å²) in [5, 5.41) is 3.48. The molecule has 2 atom stereocenters. The van der Waals surface area contributed by atoms with Crippen molar-refractivity contribution in [2.75, 3.05) is 32.6 Å². The lowest BCUT2D eigenvalue weighted by atomic mass is 9.89. The molecule has 5 rings (SSSR count). The van der Waals surface area contributed by atoms with Gasteiger partial charge >= 0.3 is 0 Å². The third-order valence-electron chi connectivity index (χ3n) is 7.76. The molecule has 174 valence electrons. The van der Waals surface area contributed by atoms with E-state index >= 15 is 0 Å². The summed E-state index contributed by atoms with van der Waals surface area (Å²) in [6, 6.07) is 13.6. The average Bonchev–Trinajstić information content (AvgIpc) is 3.52. The van der Waals surface area contributed by atoms with Crippen molar-refractivity contribution in [3.05, 3.63) is 58.6 Å². The van der Waals surface area contributed by atoms with Crippen LogP contribution in [0.3, 0.4) is 0 Å². The third-order valence-corrected chi connectivity index (χ3v) is 8.06. The topological polar surface area (TPSA) is 61.9 Å². The second-order valence-electron chi connectivity index (χ2n) is 9.69. The van der Waals surface area contributed by atoms with E-state index in [1.807, 2.05) is 11.9 Å². The fraction of sp³-hybridized carbons (Fsp3) is 0.462. The summed E-state index contributed by atoms with van der Waals surface area (Å²) >= 11 is 6.18. The quantitative estimate of drug-likeness (QED) is 0.739. The summed E-state index contributed by atoms with van der Waals surface area (Å²) in [4.78, 5) is 30.4. The lowest BCUT2D eigenvalue weighted by molar-refractivity contribution is -0.138. The van der Waals surface area contributed by atoms with E-state index in [4.69, 9.17) is 16.3 Å². The second kappa shape index (κ2) is 8.65. The van der Waals surface area contributed by atoms with Gasteiger partial charge in [-0.1, -0.05) is 35.9 Å². The first-order valence-electron chi connectivity index (χ1n) is 11.6. The minimum absolute atomic E-state index is 0.000129. The van der Waals surface area contributed by atoms with E-state index < -0.39 is 0 Å². The van der Waals surface area contributed by atoms with Crippen molar-refractivity contribution in [2.45, 2.75) is 38.3 Å². The predicted octanol–water partition coefficient (Wildman–Crippen LogP) is 3.97. The van der Waals surface area contributed by atoms with Crippen molar-refractivity contribution in [1.29, 1.82) is 0 Å². The summed E-state index contributed by atoms with van der Waals surface area (Å²) in [5.74, 6) is 0.845. The Morgan fingerprint density at radius 3 is 2.55 bits per heavy atom. The summed E-state index contributed by atoms with van der Waals surface area (Å²) in [6.45, 7) is 2.26. The number of anilines is 1. The van der Waals surface area contributed by atoms with Crippen molar-refractivity contribution >= 4 is 29.1 Å². The van der Waals surface area contributed by atoms with Crippen LogP contribution in [0.1, 0.15) is 30.4 Å². The molecule has 2 fully saturated rings. The maximum Gasteiger partial charge on any atom is 0.240 e. The Bertz CT molecular complexity index is 1080. The summed E-state index contributed by atoms with van der Waals surface area (Å²) < 4.78 is 5.17. The Morgan fingerprint density at radius 1 is 1.12 bits per heavy atom. The Morgan fingerprint density at radius 2 is 1.85 bits per heavy atom. The molecule has 0 unspecified atom stereocenters. The third kappa shape index (κ3) is 4.22. The molecule has 2 amide bonds. The number of likely N-dealkylation sites (N-methyl/N-ethyl adjacent to an activating group) is 1. The van der Waals surface area contributed by atoms with Crippen molar-refractivity contribution < 1.29 is 14.3 Å². The van der Waals surface area contributed by atoms with Gasteiger partial charge in [-0.15, -0.1) is 0 Å². The number of carbonyl (C=O) groups excluding carboxylic acids is 2. The number of carbonyl (C=O) groups is 2. The van der Waals surface area contributed by atoms with Crippen LogP contribution in [-0.2, 0) is 22.6 Å². The fourth-order valence-electron chi connectivity index (χ4n) is 5.56. The molecule has 1 N–H and O–H groups in total. The Kier molecular flexibility index (Phi) is 5.83. The first-order chi connectivity index (χ1) is 15.9. The van der Waals surface area contributed by atoms with Gasteiger partial charge in [0.05, 0.1) is 18.2 Å². The molecule has 2 aromatic carbocycles. The zero-order valence-corrected chi connectivity index (χ0v) is 19.9. The first-order valence-corrected chi connectivity index (χ1v) is 12.0. The van der Waals surface area contributed by atoms with E-state index in [0.717, 1.165) is 45.3 Å². The van der Waals surface area contributed by atoms with Crippen LogP contribution >= 0.6 is 11.6 Å². The zero-order valence-electron chi connectivity index (χ0n) is 19.1. The van der Waals surface area contributed by atoms with Gasteiger partial charge in [0.1, 0.15) is 5.75 Å². The van der Waals surface area contributed by atoms with E-state index in [1.165, 1.54) is 11.1 Å². The van der Waals surface area contributed by atoms with E-state index in [9.17, 15) is 9.59 Å². The van der Waals surface area contributed by atoms with Gasteiger partial charge in [0.15, 0.2) is 0 Å². The molecule has 0 bridgehead atoms. The van der Waals surface area contributed by atoms with Crippen LogP contribution in [0.25, 0.3) is 0 Å². The minimum Gasteiger partial charge on any atom is -0.495 e. The zero-order chi connectivity index (χ0) is 23.2. The number of fused-ring (bicyclic) bond motifs is 1. The number of hydrogen-bond acceptors (Lipinski definition) is 4. The maximum atomic E-state index is 13.3. The fourth-order valence-corrected chi connectivity index (χ4v) is 5.82. The van der Waals surface area contributed by atoms with Crippen LogP contribution in [-0.4, -0.2) is 54.9 Å². The van der Waals surface area contributed by atoms with Gasteiger partial charge in [0.2, 0.25) is 11.8 Å². The molecule has 1 spiro atoms. The number of ether oxygens (including phenoxy) is 1. The second-order valence-corrected chi connectivity index (χ2v) is 10.1. The van der Waals surface area contributed by atoms with Gasteiger partial charge in [0, 0.05) is 31.2 Å². The average molecular weight is 468 g/mol. The van der Waals surface area contributed by atoms with Crippen LogP contribution in [0.15, 0.2) is 42.5 Å². The van der Waals surface area contributed by atoms with Crippen LogP contribution in [0, 0.1) is 11.3 Å². The normalized spacial score (nSPS) is 23.7. The Labute approximate surface area is 199 Å². The molecule has 33 heavy (non-hydrogen) atoms. The minimum atomic E-state index is -0.105. The number of hydrogen-bond donors (Lipinski definition) is 1. The number of benzene rings is 2. The first kappa shape index (κ1) is 22.2. The molecule has 0 aromatic heterocycles. The largest absolute Gasteiger partial charge is 0.495 e. The van der Waals surface area contributed by atoms with Gasteiger partial charge < -0.3 is 15.0 Å². The van der Waals surface area contributed by atoms with Crippen LogP contribution in [0.4, 0.5) is 5.69 Å². The van der Waals surface area contributed by atoms with E-state index in [1.54, 1.807) is 25.3 Å². The number of nitrogens with one attached hydrogen (secondary N) is 1. The number of nitrogens with zero attached hydrogens (tertiary/aromatic N) is 2. The van der Waals surface area contributed by atoms with Gasteiger partial charge in [-0.25, -0.2) is 0 Å². The molecule has 1 saturated carbocycles. The Hall–Kier alpha value is -2.57. The number of amides is 2. The highest BCUT2D eigenvalue weighted by atomic mass is 35.5. The highest BCUT2D eigenvalue weighted by molar-refractivity contribution is 6.32. The highest BCUT2D eigenvalue weighted by Crippen LogP contribution is 2.59. The molecule has 2 aromatic rings. The van der Waals surface area contributed by atoms with Crippen LogP contribution in [0.5, 0.6) is 5.75 Å². The standard InChI is InChI=1S/C26H30ClN3O3/c1-29-16-18-6-4-3-5-17(18)13-22(29)25(32)30-11-9-26(10-12-30)15-20(26)24(31)28-19-7-8-23(33-2)21(27)14-19/h3-8,14,20,22H,9-13,15-16H2,1-2H3,(H,28,31)/t20-,22-/m1/s1. The van der Waals surface area contributed by atoms with Gasteiger partial charge in [-0.3, -0.25) is 14.5 Å². The Balaban J connectivity index is 1.17. The molecule has 1 saturated heterocycles. The number of rotatable bonds is 4. The van der Waals surface area contributed by atoms with Gasteiger partial charge in [0.25, 0.3) is 0 Å². The van der Waals surface area contributed by atoms with E-state index in [0.29, 0.717) is 16.5 Å². The molecule has 2 heterocycles. The van der Waals surface area contributed by atoms with Crippen molar-refractivity contribution in [1.82, 2.24) is 9.80 Å². The number of halogens is 1. The molecule has 0 radical (unpaired) electrons. The predicted molar refractivity (Wildman–Crippen MR) is 128 cm³/mol. The molecule has 1 aliphatic carbocycles. The monoisotopic (exact) mass is 467 g/mol. The molecular weight excluding hydrogens is 438 g/mol. The van der Waals surface area contributed by atoms with Gasteiger partial charge in [-0.2, -0.15) is 0 Å². The lowest BCUT2D eigenvalue weighted by Crippen LogP contribution is -2.52. The van der Waals surface area contributed by atoms with Crippen LogP contribution < -0.4 is 10.1 Å². The SMILES string of the molecule is COc1ccc(NC(=O)[C@H]2CC23CCN(C(=O)[C@H]2Cc4ccccc4CN2C)CC3)cc1Cl.